The summed E-state index contributed by atoms with van der Waals surface area (Å²) in [5.41, 5.74) is 0.0507. The summed E-state index contributed by atoms with van der Waals surface area (Å²) in [6.07, 6.45) is -1.22. The van der Waals surface area contributed by atoms with E-state index >= 15 is 0 Å². The smallest absolute Gasteiger partial charge is 0.303 e. The van der Waals surface area contributed by atoms with Crippen LogP contribution in [0.4, 0.5) is 11.4 Å². The van der Waals surface area contributed by atoms with Crippen LogP contribution in [0.15, 0.2) is 48.5 Å². The number of nitrogens with one attached hydrogen (secondary N) is 1. The van der Waals surface area contributed by atoms with E-state index in [1.165, 1.54) is 19.1 Å². The number of hydrogen-bond acceptors (Lipinski definition) is 5. The lowest BCUT2D eigenvalue weighted by molar-refractivity contribution is -0.383. The number of nitro groups is 1. The molecule has 124 valence electrons. The zero-order chi connectivity index (χ0) is 17.7. The Kier molecular flexibility index (Phi) is 5.49. The molecule has 2 aromatic carbocycles. The third-order valence-corrected chi connectivity index (χ3v) is 3.27. The number of benzene rings is 2. The molecule has 0 aromatic heterocycles. The summed E-state index contributed by atoms with van der Waals surface area (Å²) in [5.74, 6) is -1.36. The number of ether oxygens (including phenoxy) is 1. The van der Waals surface area contributed by atoms with Crippen molar-refractivity contribution in [2.75, 3.05) is 5.32 Å². The van der Waals surface area contributed by atoms with Gasteiger partial charge in [0.1, 0.15) is 5.69 Å². The highest BCUT2D eigenvalue weighted by molar-refractivity contribution is 6.31. The molecule has 0 saturated heterocycles. The number of hydrogen-bond donors (Lipinski definition) is 1. The fourth-order valence-electron chi connectivity index (χ4n) is 2.03. The molecule has 0 spiro atoms. The van der Waals surface area contributed by atoms with Crippen LogP contribution in [0.25, 0.3) is 0 Å². The Morgan fingerprint density at radius 1 is 1.21 bits per heavy atom. The van der Waals surface area contributed by atoms with E-state index in [1.54, 1.807) is 30.3 Å². The Balaban J connectivity index is 2.32. The number of amides is 1. The van der Waals surface area contributed by atoms with E-state index in [4.69, 9.17) is 16.3 Å². The van der Waals surface area contributed by atoms with Crippen LogP contribution in [0.3, 0.4) is 0 Å². The first-order valence-corrected chi connectivity index (χ1v) is 7.23. The van der Waals surface area contributed by atoms with Gasteiger partial charge in [-0.1, -0.05) is 41.9 Å². The van der Waals surface area contributed by atoms with E-state index in [1.807, 2.05) is 0 Å². The first kappa shape index (κ1) is 17.4. The number of carbonyl (C=O) groups is 2. The molecule has 1 amide bonds. The van der Waals surface area contributed by atoms with Crippen molar-refractivity contribution >= 4 is 34.9 Å². The summed E-state index contributed by atoms with van der Waals surface area (Å²) < 4.78 is 5.05. The van der Waals surface area contributed by atoms with Gasteiger partial charge in [-0.15, -0.1) is 0 Å². The van der Waals surface area contributed by atoms with Crippen molar-refractivity contribution in [1.29, 1.82) is 0 Å². The molecule has 0 aliphatic carbocycles. The van der Waals surface area contributed by atoms with Crippen LogP contribution in [0, 0.1) is 10.1 Å². The maximum Gasteiger partial charge on any atom is 0.303 e. The number of esters is 1. The van der Waals surface area contributed by atoms with E-state index in [-0.39, 0.29) is 16.4 Å². The Morgan fingerprint density at radius 2 is 1.88 bits per heavy atom. The molecule has 0 heterocycles. The van der Waals surface area contributed by atoms with E-state index in [0.29, 0.717) is 5.56 Å². The van der Waals surface area contributed by atoms with Crippen molar-refractivity contribution in [3.8, 4) is 0 Å². The second-order valence-corrected chi connectivity index (χ2v) is 5.24. The van der Waals surface area contributed by atoms with Crippen LogP contribution in [-0.4, -0.2) is 16.8 Å². The maximum absolute atomic E-state index is 12.5. The average molecular weight is 349 g/mol. The lowest BCUT2D eigenvalue weighted by atomic mass is 10.1. The third kappa shape index (κ3) is 4.30. The quantitative estimate of drug-likeness (QED) is 0.506. The van der Waals surface area contributed by atoms with Crippen LogP contribution in [-0.2, 0) is 14.3 Å². The molecule has 1 N–H and O–H groups in total. The van der Waals surface area contributed by atoms with Crippen molar-refractivity contribution in [2.24, 2.45) is 0 Å². The summed E-state index contributed by atoms with van der Waals surface area (Å²) in [7, 11) is 0. The summed E-state index contributed by atoms with van der Waals surface area (Å²) in [6, 6.07) is 12.2. The van der Waals surface area contributed by atoms with Gasteiger partial charge in [-0.3, -0.25) is 19.7 Å². The minimum atomic E-state index is -1.22. The monoisotopic (exact) mass is 348 g/mol. The van der Waals surface area contributed by atoms with Gasteiger partial charge in [0, 0.05) is 23.6 Å². The number of halogens is 1. The van der Waals surface area contributed by atoms with Gasteiger partial charge in [0.25, 0.3) is 11.6 Å². The molecule has 0 bridgehead atoms. The van der Waals surface area contributed by atoms with Crippen molar-refractivity contribution in [3.05, 3.63) is 69.2 Å². The van der Waals surface area contributed by atoms with Crippen LogP contribution >= 0.6 is 11.6 Å². The number of rotatable bonds is 5. The molecule has 2 aromatic rings. The molecule has 1 unspecified atom stereocenters. The Labute approximate surface area is 142 Å². The lowest BCUT2D eigenvalue weighted by Gasteiger charge is -2.17. The fraction of sp³-hybridized carbons (Fsp3) is 0.125. The van der Waals surface area contributed by atoms with E-state index in [9.17, 15) is 19.7 Å². The van der Waals surface area contributed by atoms with Gasteiger partial charge in [-0.2, -0.15) is 0 Å². The van der Waals surface area contributed by atoms with Gasteiger partial charge in [-0.05, 0) is 12.1 Å². The maximum atomic E-state index is 12.5. The van der Waals surface area contributed by atoms with Gasteiger partial charge < -0.3 is 10.1 Å². The molecule has 8 heteroatoms. The van der Waals surface area contributed by atoms with Gasteiger partial charge in [-0.25, -0.2) is 0 Å². The number of nitrogens with zero attached hydrogens (tertiary/aromatic N) is 1. The minimum Gasteiger partial charge on any atom is -0.447 e. The standard InChI is InChI=1S/C16H13ClN2O5/c1-10(20)24-15(11-5-3-2-4-6-11)16(21)18-13-8-7-12(17)9-14(13)19(22)23/h2-9,15H,1H3,(H,18,21). The third-order valence-electron chi connectivity index (χ3n) is 3.04. The predicted octanol–water partition coefficient (Wildman–Crippen LogP) is 3.49. The minimum absolute atomic E-state index is 0.0394. The van der Waals surface area contributed by atoms with Crippen LogP contribution < -0.4 is 5.32 Å². The Morgan fingerprint density at radius 3 is 2.46 bits per heavy atom. The van der Waals surface area contributed by atoms with Crippen LogP contribution in [0.2, 0.25) is 5.02 Å². The van der Waals surface area contributed by atoms with Crippen molar-refractivity contribution in [1.82, 2.24) is 0 Å². The van der Waals surface area contributed by atoms with E-state index < -0.39 is 22.9 Å². The van der Waals surface area contributed by atoms with Crippen LogP contribution in [0.5, 0.6) is 0 Å². The largest absolute Gasteiger partial charge is 0.447 e. The normalized spacial score (nSPS) is 11.4. The number of nitro benzene ring substituents is 1. The molecule has 0 aliphatic heterocycles. The summed E-state index contributed by atoms with van der Waals surface area (Å²) in [4.78, 5) is 34.2. The second-order valence-electron chi connectivity index (χ2n) is 4.81. The van der Waals surface area contributed by atoms with Crippen molar-refractivity contribution < 1.29 is 19.2 Å². The summed E-state index contributed by atoms with van der Waals surface area (Å²) in [5, 5.41) is 13.7. The summed E-state index contributed by atoms with van der Waals surface area (Å²) >= 11 is 5.74. The van der Waals surface area contributed by atoms with Gasteiger partial charge in [0.05, 0.1) is 4.92 Å². The molecule has 0 fully saturated rings. The topological polar surface area (TPSA) is 98.5 Å². The van der Waals surface area contributed by atoms with Gasteiger partial charge in [0.2, 0.25) is 6.10 Å². The van der Waals surface area contributed by atoms with Crippen LogP contribution in [0.1, 0.15) is 18.6 Å². The molecule has 0 aliphatic rings. The van der Waals surface area contributed by atoms with Gasteiger partial charge in [0.15, 0.2) is 0 Å². The average Bonchev–Trinajstić information content (AvgIpc) is 2.54. The molecule has 2 rings (SSSR count). The molecule has 7 nitrogen and oxygen atoms in total. The Hall–Kier alpha value is -2.93. The fourth-order valence-corrected chi connectivity index (χ4v) is 2.19. The van der Waals surface area contributed by atoms with Crippen molar-refractivity contribution in [3.63, 3.8) is 0 Å². The highest BCUT2D eigenvalue weighted by atomic mass is 35.5. The molecule has 24 heavy (non-hydrogen) atoms. The van der Waals surface area contributed by atoms with E-state index in [2.05, 4.69) is 5.32 Å². The zero-order valence-electron chi connectivity index (χ0n) is 12.6. The first-order chi connectivity index (χ1) is 11.4. The second kappa shape index (κ2) is 7.56. The molecular formula is C16H13ClN2O5. The Bertz CT molecular complexity index is 779. The molecular weight excluding hydrogens is 336 g/mol. The highest BCUT2D eigenvalue weighted by Gasteiger charge is 2.26. The summed E-state index contributed by atoms with van der Waals surface area (Å²) in [6.45, 7) is 1.17. The SMILES string of the molecule is CC(=O)OC(C(=O)Nc1ccc(Cl)cc1[N+](=O)[O-])c1ccccc1. The zero-order valence-corrected chi connectivity index (χ0v) is 13.3. The number of carbonyl (C=O) groups excluding carboxylic acids is 2. The highest BCUT2D eigenvalue weighted by Crippen LogP contribution is 2.29. The predicted molar refractivity (Wildman–Crippen MR) is 87.7 cm³/mol. The molecule has 0 saturated carbocycles. The number of anilines is 1. The van der Waals surface area contributed by atoms with Crippen molar-refractivity contribution in [2.45, 2.75) is 13.0 Å². The van der Waals surface area contributed by atoms with Gasteiger partial charge >= 0.3 is 5.97 Å². The molecule has 1 atom stereocenters. The molecule has 0 radical (unpaired) electrons. The lowest BCUT2D eigenvalue weighted by Crippen LogP contribution is -2.25. The van der Waals surface area contributed by atoms with E-state index in [0.717, 1.165) is 6.07 Å². The first-order valence-electron chi connectivity index (χ1n) is 6.85.